The van der Waals surface area contributed by atoms with Crippen LogP contribution in [0.1, 0.15) is 69.2 Å². The zero-order valence-corrected chi connectivity index (χ0v) is 25.4. The van der Waals surface area contributed by atoms with E-state index in [4.69, 9.17) is 4.12 Å². The standard InChI is InChI=1S/C22H48OSi4/c1-19(2,3)26-17(24(11,12)13)18(25(14,15)16)27(23-26,20(4,5)6)22(9,10)21(26,7)8/h1-16H3. The van der Waals surface area contributed by atoms with Crippen molar-refractivity contribution in [2.24, 2.45) is 0 Å². The van der Waals surface area contributed by atoms with Gasteiger partial charge in [0.25, 0.3) is 0 Å². The Kier molecular flexibility index (Phi) is 4.97. The fraction of sp³-hybridized carbons (Fsp3) is 0.909. The summed E-state index contributed by atoms with van der Waals surface area (Å²) in [5.41, 5.74) is 0. The molecule has 0 aliphatic carbocycles. The van der Waals surface area contributed by atoms with Crippen molar-refractivity contribution in [2.45, 2.75) is 129 Å². The fourth-order valence-electron chi connectivity index (χ4n) is 7.18. The van der Waals surface area contributed by atoms with Crippen molar-refractivity contribution in [2.75, 3.05) is 0 Å². The lowest BCUT2D eigenvalue weighted by Gasteiger charge is -2.60. The fourth-order valence-corrected chi connectivity index (χ4v) is 46.0. The highest BCUT2D eigenvalue weighted by molar-refractivity contribution is 7.23. The molecule has 1 nitrogen and oxygen atoms in total. The summed E-state index contributed by atoms with van der Waals surface area (Å²) in [6.45, 7) is 41.2. The third-order valence-electron chi connectivity index (χ3n) is 8.20. The van der Waals surface area contributed by atoms with Gasteiger partial charge in [-0.15, -0.1) is 0 Å². The zero-order chi connectivity index (χ0) is 21.9. The van der Waals surface area contributed by atoms with Gasteiger partial charge in [0, 0.05) is 0 Å². The average molecular weight is 441 g/mol. The lowest BCUT2D eigenvalue weighted by Crippen LogP contribution is -2.63. The van der Waals surface area contributed by atoms with Gasteiger partial charge in [0.05, 0.1) is 16.1 Å². The highest BCUT2D eigenvalue weighted by Gasteiger charge is 2.86. The second-order valence-electron chi connectivity index (χ2n) is 14.5. The lowest BCUT2D eigenvalue weighted by atomic mass is 9.97. The minimum absolute atomic E-state index is 0.227. The molecule has 0 amide bonds. The molecule has 0 aromatic carbocycles. The molecule has 1 fully saturated rings. The van der Waals surface area contributed by atoms with Gasteiger partial charge in [0.15, 0.2) is 0 Å². The maximum Gasteiger partial charge on any atom is 0.215 e. The van der Waals surface area contributed by atoms with Crippen LogP contribution in [0.2, 0.25) is 59.4 Å². The van der Waals surface area contributed by atoms with E-state index in [1.54, 1.807) is 0 Å². The monoisotopic (exact) mass is 440 g/mol. The van der Waals surface area contributed by atoms with Gasteiger partial charge in [-0.1, -0.05) is 118 Å². The summed E-state index contributed by atoms with van der Waals surface area (Å²) in [4.78, 5) is 3.93. The molecule has 0 spiro atoms. The van der Waals surface area contributed by atoms with E-state index in [-0.39, 0.29) is 20.2 Å². The van der Waals surface area contributed by atoms with E-state index in [0.29, 0.717) is 0 Å². The van der Waals surface area contributed by atoms with Crippen molar-refractivity contribution in [3.63, 3.8) is 0 Å². The molecule has 0 saturated carbocycles. The summed E-state index contributed by atoms with van der Waals surface area (Å²) in [5.74, 6) is 0. The maximum atomic E-state index is 7.96. The first-order chi connectivity index (χ1) is 11.4. The molecule has 0 aromatic heterocycles. The summed E-state index contributed by atoms with van der Waals surface area (Å²) in [7, 11) is -7.41. The van der Waals surface area contributed by atoms with Crippen molar-refractivity contribution in [1.29, 1.82) is 0 Å². The van der Waals surface area contributed by atoms with Crippen LogP contribution in [0.3, 0.4) is 0 Å². The van der Waals surface area contributed by atoms with Crippen molar-refractivity contribution in [3.05, 3.63) is 9.64 Å². The quantitative estimate of drug-likeness (QED) is 0.393. The van der Waals surface area contributed by atoms with Gasteiger partial charge >= 0.3 is 0 Å². The third-order valence-corrected chi connectivity index (χ3v) is 32.9. The second kappa shape index (κ2) is 5.62. The maximum absolute atomic E-state index is 7.96. The lowest BCUT2D eigenvalue weighted by molar-refractivity contribution is 0.444. The minimum atomic E-state index is -2.18. The van der Waals surface area contributed by atoms with E-state index in [1.165, 1.54) is 0 Å². The van der Waals surface area contributed by atoms with Gasteiger partial charge in [-0.25, -0.2) is 0 Å². The van der Waals surface area contributed by atoms with Crippen LogP contribution >= 0.6 is 0 Å². The molecule has 27 heavy (non-hydrogen) atoms. The SMILES string of the molecule is CC(C)(C)[Si]12O[Si](C(C)(C)C)(C([Si](C)(C)C)=C1[Si](C)(C)C)C(C)(C)C2(C)C. The minimum Gasteiger partial charge on any atom is -0.448 e. The molecule has 2 rings (SSSR count). The molecule has 2 aliphatic heterocycles. The van der Waals surface area contributed by atoms with E-state index in [0.717, 1.165) is 0 Å². The van der Waals surface area contributed by atoms with Crippen LogP contribution < -0.4 is 0 Å². The van der Waals surface area contributed by atoms with Crippen LogP contribution in [0.5, 0.6) is 0 Å². The van der Waals surface area contributed by atoms with Crippen molar-refractivity contribution < 1.29 is 4.12 Å². The van der Waals surface area contributed by atoms with Crippen LogP contribution in [0.25, 0.3) is 0 Å². The molecule has 2 heterocycles. The summed E-state index contributed by atoms with van der Waals surface area (Å²) < 4.78 is 7.96. The van der Waals surface area contributed by atoms with Crippen LogP contribution in [0, 0.1) is 0 Å². The Bertz CT molecular complexity index is 619. The third kappa shape index (κ3) is 2.53. The molecule has 2 atom stereocenters. The number of hydrogen-bond donors (Lipinski definition) is 0. The first kappa shape index (κ1) is 23.8. The van der Waals surface area contributed by atoms with Gasteiger partial charge < -0.3 is 4.12 Å². The Hall–Kier alpha value is 0.568. The van der Waals surface area contributed by atoms with E-state index in [2.05, 4.69) is 109 Å². The van der Waals surface area contributed by atoms with Crippen molar-refractivity contribution in [1.82, 2.24) is 0 Å². The molecular formula is C22H48OSi4. The molecule has 2 aliphatic rings. The predicted octanol–water partition coefficient (Wildman–Crippen LogP) is 8.21. The molecule has 2 unspecified atom stereocenters. The smallest absolute Gasteiger partial charge is 0.215 e. The molecule has 1 saturated heterocycles. The number of fused-ring (bicyclic) bond motifs is 2. The van der Waals surface area contributed by atoms with E-state index >= 15 is 0 Å². The normalized spacial score (nSPS) is 33.8. The Morgan fingerprint density at radius 3 is 0.963 bits per heavy atom. The summed E-state index contributed by atoms with van der Waals surface area (Å²) in [6.07, 6.45) is 0. The van der Waals surface area contributed by atoms with Crippen molar-refractivity contribution >= 4 is 32.8 Å². The summed E-state index contributed by atoms with van der Waals surface area (Å²) in [5, 5.41) is 0.975. The predicted molar refractivity (Wildman–Crippen MR) is 134 cm³/mol. The summed E-state index contributed by atoms with van der Waals surface area (Å²) >= 11 is 0. The Morgan fingerprint density at radius 1 is 0.593 bits per heavy atom. The van der Waals surface area contributed by atoms with E-state index < -0.39 is 32.8 Å². The molecule has 0 radical (unpaired) electrons. The molecule has 0 N–H and O–H groups in total. The van der Waals surface area contributed by atoms with Crippen LogP contribution in [-0.2, 0) is 4.12 Å². The Morgan fingerprint density at radius 2 is 0.815 bits per heavy atom. The second-order valence-corrected chi connectivity index (χ2v) is 35.5. The van der Waals surface area contributed by atoms with Gasteiger partial charge in [-0.2, -0.15) is 0 Å². The number of rotatable bonds is 2. The topological polar surface area (TPSA) is 9.23 Å². The molecule has 2 bridgehead atoms. The highest BCUT2D eigenvalue weighted by atomic mass is 28.5. The van der Waals surface area contributed by atoms with Crippen LogP contribution in [0.15, 0.2) is 9.64 Å². The first-order valence-corrected chi connectivity index (χ1v) is 21.7. The van der Waals surface area contributed by atoms with Crippen molar-refractivity contribution in [3.8, 4) is 0 Å². The van der Waals surface area contributed by atoms with Crippen LogP contribution in [-0.4, -0.2) is 32.8 Å². The molecule has 0 aromatic rings. The summed E-state index contributed by atoms with van der Waals surface area (Å²) in [6, 6.07) is 0. The van der Waals surface area contributed by atoms with Gasteiger partial charge in [-0.05, 0) is 20.2 Å². The zero-order valence-electron chi connectivity index (χ0n) is 21.4. The van der Waals surface area contributed by atoms with Gasteiger partial charge in [0.1, 0.15) is 0 Å². The largest absolute Gasteiger partial charge is 0.448 e. The first-order valence-electron chi connectivity index (χ1n) is 10.9. The Balaban J connectivity index is 3.25. The number of hydrogen-bond acceptors (Lipinski definition) is 1. The Labute approximate surface area is 175 Å². The highest BCUT2D eigenvalue weighted by Crippen LogP contribution is 2.84. The van der Waals surface area contributed by atoms with Gasteiger partial charge in [0.2, 0.25) is 16.6 Å². The van der Waals surface area contributed by atoms with Gasteiger partial charge in [-0.3, -0.25) is 0 Å². The van der Waals surface area contributed by atoms with Crippen LogP contribution in [0.4, 0.5) is 0 Å². The molecule has 5 heteroatoms. The molecular weight excluding hydrogens is 393 g/mol. The van der Waals surface area contributed by atoms with E-state index in [1.807, 2.05) is 9.64 Å². The average Bonchev–Trinajstić information content (AvgIpc) is 2.76. The molecule has 158 valence electrons. The van der Waals surface area contributed by atoms with E-state index in [9.17, 15) is 0 Å².